The standard InChI is InChI=1S/2C20H30O2/c2*1-5-18(2)12-9-15-14(13-18)7-8-16-19(15,3)10-6-11-20(16,4)17(21)22/h5,13,15-16H,1,6-12H2,2-4H3,(H,21,22);5,7,15-16H,1,6,8-13H2,2-4H3,(H,21,22). The van der Waals surface area contributed by atoms with Crippen LogP contribution in [0.2, 0.25) is 0 Å². The lowest BCUT2D eigenvalue weighted by Gasteiger charge is -2.59. The number of fused-ring (bicyclic) bond motifs is 6. The van der Waals surface area contributed by atoms with Crippen LogP contribution >= 0.6 is 0 Å². The highest BCUT2D eigenvalue weighted by molar-refractivity contribution is 5.75. The van der Waals surface area contributed by atoms with Crippen molar-refractivity contribution >= 4 is 11.9 Å². The molecule has 6 aliphatic rings. The van der Waals surface area contributed by atoms with Crippen molar-refractivity contribution in [3.05, 3.63) is 48.6 Å². The lowest BCUT2D eigenvalue weighted by molar-refractivity contribution is -0.164. The van der Waals surface area contributed by atoms with Crippen LogP contribution in [0.15, 0.2) is 48.6 Å². The maximum absolute atomic E-state index is 12.0. The number of hydrogen-bond acceptors (Lipinski definition) is 2. The molecule has 4 saturated carbocycles. The van der Waals surface area contributed by atoms with Crippen LogP contribution in [-0.2, 0) is 9.59 Å². The van der Waals surface area contributed by atoms with E-state index in [9.17, 15) is 19.8 Å². The van der Waals surface area contributed by atoms with Gasteiger partial charge < -0.3 is 10.2 Å². The van der Waals surface area contributed by atoms with Gasteiger partial charge in [-0.15, -0.1) is 13.2 Å². The zero-order valence-electron chi connectivity index (χ0n) is 28.6. The summed E-state index contributed by atoms with van der Waals surface area (Å²) in [5.74, 6) is 0.598. The Morgan fingerprint density at radius 3 is 1.84 bits per heavy atom. The lowest BCUT2D eigenvalue weighted by Crippen LogP contribution is -2.54. The van der Waals surface area contributed by atoms with E-state index in [2.05, 4.69) is 65.2 Å². The zero-order chi connectivity index (χ0) is 32.3. The minimum atomic E-state index is -0.591. The molecule has 4 nitrogen and oxygen atoms in total. The van der Waals surface area contributed by atoms with Crippen LogP contribution in [0.5, 0.6) is 0 Å². The smallest absolute Gasteiger partial charge is 0.309 e. The van der Waals surface area contributed by atoms with Crippen LogP contribution in [0.1, 0.15) is 131 Å². The Kier molecular flexibility index (Phi) is 8.55. The van der Waals surface area contributed by atoms with E-state index in [1.165, 1.54) is 32.1 Å². The van der Waals surface area contributed by atoms with Gasteiger partial charge in [-0.1, -0.05) is 76.0 Å². The number of hydrogen-bond donors (Lipinski definition) is 2. The molecule has 10 unspecified atom stereocenters. The zero-order valence-corrected chi connectivity index (χ0v) is 28.6. The number of aliphatic carboxylic acids is 2. The molecule has 0 spiro atoms. The average molecular weight is 605 g/mol. The second-order valence-corrected chi connectivity index (χ2v) is 17.5. The molecule has 44 heavy (non-hydrogen) atoms. The molecule has 4 fully saturated rings. The first kappa shape index (κ1) is 33.3. The molecule has 0 heterocycles. The Hall–Kier alpha value is -2.10. The number of carboxylic acid groups (broad SMARTS) is 2. The van der Waals surface area contributed by atoms with Crippen LogP contribution in [0.25, 0.3) is 0 Å². The van der Waals surface area contributed by atoms with E-state index < -0.39 is 22.8 Å². The Morgan fingerprint density at radius 1 is 0.727 bits per heavy atom. The summed E-state index contributed by atoms with van der Waals surface area (Å²) in [6.45, 7) is 21.4. The second kappa shape index (κ2) is 11.3. The first-order valence-corrected chi connectivity index (χ1v) is 17.6. The third-order valence-corrected chi connectivity index (χ3v) is 14.8. The molecule has 10 atom stereocenters. The molecule has 0 bridgehead atoms. The molecule has 0 aromatic carbocycles. The van der Waals surface area contributed by atoms with E-state index in [0.29, 0.717) is 17.8 Å². The third kappa shape index (κ3) is 5.19. The van der Waals surface area contributed by atoms with Crippen LogP contribution in [0, 0.1) is 56.2 Å². The fourth-order valence-electron chi connectivity index (χ4n) is 11.8. The first-order valence-electron chi connectivity index (χ1n) is 17.6. The van der Waals surface area contributed by atoms with Gasteiger partial charge >= 0.3 is 11.9 Å². The van der Waals surface area contributed by atoms with Crippen molar-refractivity contribution < 1.29 is 19.8 Å². The molecule has 0 saturated heterocycles. The quantitative estimate of drug-likeness (QED) is 0.313. The molecule has 0 aliphatic heterocycles. The Morgan fingerprint density at radius 2 is 1.27 bits per heavy atom. The van der Waals surface area contributed by atoms with Gasteiger partial charge in [0, 0.05) is 5.41 Å². The Bertz CT molecular complexity index is 1260. The van der Waals surface area contributed by atoms with E-state index in [-0.39, 0.29) is 27.6 Å². The van der Waals surface area contributed by atoms with Gasteiger partial charge in [-0.3, -0.25) is 9.59 Å². The monoisotopic (exact) mass is 604 g/mol. The summed E-state index contributed by atoms with van der Waals surface area (Å²) < 4.78 is 0. The van der Waals surface area contributed by atoms with Gasteiger partial charge in [-0.2, -0.15) is 0 Å². The average Bonchev–Trinajstić information content (AvgIpc) is 2.96. The number of allylic oxidation sites excluding steroid dienone is 6. The van der Waals surface area contributed by atoms with E-state index in [1.54, 1.807) is 11.1 Å². The highest BCUT2D eigenvalue weighted by atomic mass is 16.4. The normalized spacial score (nSPS) is 47.9. The fraction of sp³-hybridized carbons (Fsp3) is 0.750. The largest absolute Gasteiger partial charge is 0.481 e. The van der Waals surface area contributed by atoms with Gasteiger partial charge in [0.05, 0.1) is 10.8 Å². The number of carbonyl (C=O) groups is 2. The number of carboxylic acids is 2. The van der Waals surface area contributed by atoms with Crippen molar-refractivity contribution in [2.45, 2.75) is 131 Å². The molecule has 0 amide bonds. The Labute approximate surface area is 267 Å². The van der Waals surface area contributed by atoms with Gasteiger partial charge in [0.25, 0.3) is 0 Å². The maximum atomic E-state index is 12.0. The van der Waals surface area contributed by atoms with Crippen LogP contribution in [-0.4, -0.2) is 22.2 Å². The van der Waals surface area contributed by atoms with Gasteiger partial charge in [-0.05, 0) is 131 Å². The Balaban J connectivity index is 0.000000175. The summed E-state index contributed by atoms with van der Waals surface area (Å²) in [6.07, 6.45) is 24.1. The molecule has 6 aliphatic carbocycles. The topological polar surface area (TPSA) is 74.6 Å². The van der Waals surface area contributed by atoms with Crippen molar-refractivity contribution in [2.24, 2.45) is 56.2 Å². The summed E-state index contributed by atoms with van der Waals surface area (Å²) in [4.78, 5) is 23.9. The minimum absolute atomic E-state index is 0.139. The molecule has 6 rings (SSSR count). The minimum Gasteiger partial charge on any atom is -0.481 e. The van der Waals surface area contributed by atoms with E-state index >= 15 is 0 Å². The summed E-state index contributed by atoms with van der Waals surface area (Å²) >= 11 is 0. The second-order valence-electron chi connectivity index (χ2n) is 17.5. The van der Waals surface area contributed by atoms with E-state index in [4.69, 9.17) is 0 Å². The van der Waals surface area contributed by atoms with Gasteiger partial charge in [-0.25, -0.2) is 0 Å². The summed E-state index contributed by atoms with van der Waals surface area (Å²) in [6, 6.07) is 0. The van der Waals surface area contributed by atoms with Gasteiger partial charge in [0.2, 0.25) is 0 Å². The maximum Gasteiger partial charge on any atom is 0.309 e. The fourth-order valence-corrected chi connectivity index (χ4v) is 11.8. The van der Waals surface area contributed by atoms with Crippen molar-refractivity contribution in [1.29, 1.82) is 0 Å². The van der Waals surface area contributed by atoms with Gasteiger partial charge in [0.1, 0.15) is 0 Å². The van der Waals surface area contributed by atoms with Crippen molar-refractivity contribution in [2.75, 3.05) is 0 Å². The molecule has 4 heteroatoms. The third-order valence-electron chi connectivity index (χ3n) is 14.8. The highest BCUT2D eigenvalue weighted by Crippen LogP contribution is 2.65. The van der Waals surface area contributed by atoms with Crippen molar-refractivity contribution in [1.82, 2.24) is 0 Å². The summed E-state index contributed by atoms with van der Waals surface area (Å²) in [7, 11) is 0. The molecule has 244 valence electrons. The SMILES string of the molecule is C=CC1(C)C=C2CCC3C(C)(C(=O)O)CCCC3(C)C2CC1.C=CC1(C)CCC2C(=CCC3C(C)(C(=O)O)CCCC23C)C1. The predicted octanol–water partition coefficient (Wildman–Crippen LogP) is 10.4. The van der Waals surface area contributed by atoms with E-state index in [0.717, 1.165) is 57.8 Å². The van der Waals surface area contributed by atoms with Gasteiger partial charge in [0.15, 0.2) is 0 Å². The molecule has 0 aromatic rings. The summed E-state index contributed by atoms with van der Waals surface area (Å²) in [5.41, 5.74) is 2.79. The summed E-state index contributed by atoms with van der Waals surface area (Å²) in [5, 5.41) is 19.7. The van der Waals surface area contributed by atoms with Crippen LogP contribution in [0.3, 0.4) is 0 Å². The highest BCUT2D eigenvalue weighted by Gasteiger charge is 2.59. The molecule has 0 radical (unpaired) electrons. The van der Waals surface area contributed by atoms with Crippen molar-refractivity contribution in [3.63, 3.8) is 0 Å². The molecule has 0 aromatic heterocycles. The van der Waals surface area contributed by atoms with Crippen LogP contribution < -0.4 is 0 Å². The molecular weight excluding hydrogens is 544 g/mol. The lowest BCUT2D eigenvalue weighted by atomic mass is 9.45. The van der Waals surface area contributed by atoms with E-state index in [1.807, 2.05) is 13.8 Å². The van der Waals surface area contributed by atoms with Crippen LogP contribution in [0.4, 0.5) is 0 Å². The first-order chi connectivity index (χ1) is 20.5. The molecular formula is C40H60O4. The predicted molar refractivity (Wildman–Crippen MR) is 179 cm³/mol. The molecule has 2 N–H and O–H groups in total. The number of rotatable bonds is 4. The van der Waals surface area contributed by atoms with Crippen molar-refractivity contribution in [3.8, 4) is 0 Å².